The van der Waals surface area contributed by atoms with Gasteiger partial charge in [-0.15, -0.1) is 0 Å². The van der Waals surface area contributed by atoms with Gasteiger partial charge < -0.3 is 14.8 Å². The van der Waals surface area contributed by atoms with Gasteiger partial charge in [0.15, 0.2) is 0 Å². The van der Waals surface area contributed by atoms with Gasteiger partial charge in [-0.05, 0) is 36.4 Å². The Hall–Kier alpha value is -2.46. The first-order valence-electron chi connectivity index (χ1n) is 9.02. The van der Waals surface area contributed by atoms with E-state index in [1.165, 1.54) is 53.9 Å². The van der Waals surface area contributed by atoms with Crippen molar-refractivity contribution in [1.82, 2.24) is 4.31 Å². The van der Waals surface area contributed by atoms with Gasteiger partial charge in [0.25, 0.3) is 0 Å². The number of nitrogens with one attached hydrogen (secondary N) is 1. The van der Waals surface area contributed by atoms with Gasteiger partial charge >= 0.3 is 0 Å². The van der Waals surface area contributed by atoms with Gasteiger partial charge in [0.1, 0.15) is 11.6 Å². The molecule has 30 heavy (non-hydrogen) atoms. The van der Waals surface area contributed by atoms with E-state index in [9.17, 15) is 17.6 Å². The first-order valence-corrected chi connectivity index (χ1v) is 10.8. The normalized spacial score (nSPS) is 15.3. The number of amides is 1. The van der Waals surface area contributed by atoms with Crippen LogP contribution in [0.25, 0.3) is 6.08 Å². The maximum absolute atomic E-state index is 13.8. The topological polar surface area (TPSA) is 84.9 Å². The number of halogens is 2. The molecule has 0 aliphatic carbocycles. The van der Waals surface area contributed by atoms with Gasteiger partial charge in [-0.1, -0.05) is 17.7 Å². The quantitative estimate of drug-likeness (QED) is 0.678. The molecule has 160 valence electrons. The molecular weight excluding hydrogens is 435 g/mol. The maximum atomic E-state index is 13.8. The summed E-state index contributed by atoms with van der Waals surface area (Å²) in [5.41, 5.74) is 0.242. The van der Waals surface area contributed by atoms with Gasteiger partial charge in [0.05, 0.1) is 35.9 Å². The fourth-order valence-electron chi connectivity index (χ4n) is 2.88. The Morgan fingerprint density at radius 2 is 2.00 bits per heavy atom. The molecular formula is C20H20ClFN2O5S. The van der Waals surface area contributed by atoms with Crippen molar-refractivity contribution in [2.45, 2.75) is 4.90 Å². The van der Waals surface area contributed by atoms with Gasteiger partial charge in [-0.25, -0.2) is 12.8 Å². The largest absolute Gasteiger partial charge is 0.495 e. The Labute approximate surface area is 179 Å². The molecule has 1 heterocycles. The van der Waals surface area contributed by atoms with Crippen LogP contribution in [0.15, 0.2) is 47.4 Å². The van der Waals surface area contributed by atoms with Crippen LogP contribution < -0.4 is 10.1 Å². The van der Waals surface area contributed by atoms with Gasteiger partial charge in [-0.3, -0.25) is 4.79 Å². The van der Waals surface area contributed by atoms with Crippen molar-refractivity contribution >= 4 is 39.3 Å². The smallest absolute Gasteiger partial charge is 0.248 e. The average molecular weight is 455 g/mol. The standard InChI is InChI=1S/C20H20ClFN2O5S/c1-28-19-7-5-14(30(26,27)24-9-11-29-12-10-24)13-18(19)23-20(25)8-6-15-16(21)3-2-4-17(15)22/h2-8,13H,9-12H2,1H3,(H,23,25)/b8-6+. The number of carbonyl (C=O) groups is 1. The number of anilines is 1. The summed E-state index contributed by atoms with van der Waals surface area (Å²) in [6.07, 6.45) is 2.35. The van der Waals surface area contributed by atoms with Gasteiger partial charge in [0, 0.05) is 24.7 Å². The molecule has 2 aromatic rings. The molecule has 1 saturated heterocycles. The Kier molecular flexibility index (Phi) is 7.09. The molecule has 0 bridgehead atoms. The highest BCUT2D eigenvalue weighted by Crippen LogP contribution is 2.29. The number of hydrogen-bond donors (Lipinski definition) is 1. The van der Waals surface area contributed by atoms with E-state index < -0.39 is 21.7 Å². The van der Waals surface area contributed by atoms with Crippen LogP contribution in [0, 0.1) is 5.82 Å². The van der Waals surface area contributed by atoms with Crippen LogP contribution in [-0.4, -0.2) is 52.0 Å². The lowest BCUT2D eigenvalue weighted by Gasteiger charge is -2.26. The summed E-state index contributed by atoms with van der Waals surface area (Å²) >= 11 is 5.94. The van der Waals surface area contributed by atoms with E-state index in [1.807, 2.05) is 0 Å². The number of morpholine rings is 1. The first kappa shape index (κ1) is 22.2. The first-order chi connectivity index (χ1) is 14.3. The summed E-state index contributed by atoms with van der Waals surface area (Å²) in [4.78, 5) is 12.4. The van der Waals surface area contributed by atoms with Crippen molar-refractivity contribution in [2.24, 2.45) is 0 Å². The minimum Gasteiger partial charge on any atom is -0.495 e. The van der Waals surface area contributed by atoms with E-state index in [0.29, 0.717) is 13.2 Å². The molecule has 1 aliphatic rings. The highest BCUT2D eigenvalue weighted by Gasteiger charge is 2.27. The zero-order chi connectivity index (χ0) is 21.7. The van der Waals surface area contributed by atoms with E-state index >= 15 is 0 Å². The van der Waals surface area contributed by atoms with Crippen LogP contribution in [0.5, 0.6) is 5.75 Å². The zero-order valence-corrected chi connectivity index (χ0v) is 17.7. The molecule has 0 radical (unpaired) electrons. The van der Waals surface area contributed by atoms with Crippen LogP contribution in [0.1, 0.15) is 5.56 Å². The Morgan fingerprint density at radius 3 is 2.67 bits per heavy atom. The number of nitrogens with zero attached hydrogens (tertiary/aromatic N) is 1. The predicted molar refractivity (Wildman–Crippen MR) is 112 cm³/mol. The molecule has 1 fully saturated rings. The SMILES string of the molecule is COc1ccc(S(=O)(=O)N2CCOCC2)cc1NC(=O)/C=C/c1c(F)cccc1Cl. The van der Waals surface area contributed by atoms with Crippen LogP contribution in [0.3, 0.4) is 0 Å². The third kappa shape index (κ3) is 4.99. The van der Waals surface area contributed by atoms with Crippen molar-refractivity contribution in [1.29, 1.82) is 0 Å². The number of carbonyl (C=O) groups excluding carboxylic acids is 1. The third-order valence-electron chi connectivity index (χ3n) is 4.44. The van der Waals surface area contributed by atoms with E-state index in [4.69, 9.17) is 21.1 Å². The summed E-state index contributed by atoms with van der Waals surface area (Å²) in [6.45, 7) is 1.15. The summed E-state index contributed by atoms with van der Waals surface area (Å²) in [5.74, 6) is -0.891. The minimum absolute atomic E-state index is 0.0154. The number of sulfonamides is 1. The number of hydrogen-bond acceptors (Lipinski definition) is 5. The molecule has 1 amide bonds. The lowest BCUT2D eigenvalue weighted by Crippen LogP contribution is -2.40. The molecule has 2 aromatic carbocycles. The van der Waals surface area contributed by atoms with Crippen molar-refractivity contribution in [2.75, 3.05) is 38.7 Å². The second-order valence-electron chi connectivity index (χ2n) is 6.34. The Bertz CT molecular complexity index is 1050. The molecule has 0 spiro atoms. The average Bonchev–Trinajstić information content (AvgIpc) is 2.74. The molecule has 0 aromatic heterocycles. The van der Waals surface area contributed by atoms with E-state index in [1.54, 1.807) is 0 Å². The summed E-state index contributed by atoms with van der Waals surface area (Å²) in [5, 5.41) is 2.72. The minimum atomic E-state index is -3.75. The van der Waals surface area contributed by atoms with E-state index in [0.717, 1.165) is 6.08 Å². The van der Waals surface area contributed by atoms with Crippen molar-refractivity contribution in [3.8, 4) is 5.75 Å². The molecule has 10 heteroatoms. The fourth-order valence-corrected chi connectivity index (χ4v) is 4.55. The van der Waals surface area contributed by atoms with Gasteiger partial charge in [0.2, 0.25) is 15.9 Å². The second-order valence-corrected chi connectivity index (χ2v) is 8.68. The number of rotatable bonds is 6. The summed E-state index contributed by atoms with van der Waals surface area (Å²) in [6, 6.07) is 8.39. The van der Waals surface area contributed by atoms with Crippen LogP contribution >= 0.6 is 11.6 Å². The monoisotopic (exact) mass is 454 g/mol. The second kappa shape index (κ2) is 9.57. The van der Waals surface area contributed by atoms with Crippen molar-refractivity contribution in [3.63, 3.8) is 0 Å². The number of ether oxygens (including phenoxy) is 2. The molecule has 7 nitrogen and oxygen atoms in total. The van der Waals surface area contributed by atoms with Crippen molar-refractivity contribution in [3.05, 3.63) is 58.9 Å². The molecule has 0 saturated carbocycles. The fraction of sp³-hybridized carbons (Fsp3) is 0.250. The Balaban J connectivity index is 1.83. The van der Waals surface area contributed by atoms with Gasteiger partial charge in [-0.2, -0.15) is 4.31 Å². The van der Waals surface area contributed by atoms with Crippen LogP contribution in [0.4, 0.5) is 10.1 Å². The molecule has 1 N–H and O–H groups in total. The highest BCUT2D eigenvalue weighted by molar-refractivity contribution is 7.89. The van der Waals surface area contributed by atoms with Crippen molar-refractivity contribution < 1.29 is 27.1 Å². The van der Waals surface area contributed by atoms with E-state index in [-0.39, 0.29) is 40.0 Å². The van der Waals surface area contributed by atoms with E-state index in [2.05, 4.69) is 5.32 Å². The maximum Gasteiger partial charge on any atom is 0.248 e. The lowest BCUT2D eigenvalue weighted by atomic mass is 10.2. The number of benzene rings is 2. The summed E-state index contributed by atoms with van der Waals surface area (Å²) in [7, 11) is -2.35. The zero-order valence-electron chi connectivity index (χ0n) is 16.1. The lowest BCUT2D eigenvalue weighted by molar-refractivity contribution is -0.111. The molecule has 3 rings (SSSR count). The third-order valence-corrected chi connectivity index (χ3v) is 6.66. The van der Waals surface area contributed by atoms with Crippen LogP contribution in [0.2, 0.25) is 5.02 Å². The number of methoxy groups -OCH3 is 1. The summed E-state index contributed by atoms with van der Waals surface area (Å²) < 4.78 is 51.3. The molecule has 1 aliphatic heterocycles. The molecule has 0 unspecified atom stereocenters. The Morgan fingerprint density at radius 1 is 1.27 bits per heavy atom. The molecule has 0 atom stereocenters. The highest BCUT2D eigenvalue weighted by atomic mass is 35.5. The van der Waals surface area contributed by atoms with Crippen LogP contribution in [-0.2, 0) is 19.6 Å². The predicted octanol–water partition coefficient (Wildman–Crippen LogP) is 3.16.